The fourth-order valence-electron chi connectivity index (χ4n) is 1.97. The lowest BCUT2D eigenvalue weighted by Crippen LogP contribution is -2.12. The van der Waals surface area contributed by atoms with Gasteiger partial charge in [0.2, 0.25) is 0 Å². The zero-order valence-electron chi connectivity index (χ0n) is 10.6. The molecule has 8 heteroatoms. The molecular formula is C13H8N4OS3. The number of fused-ring (bicyclic) bond motifs is 2. The predicted molar refractivity (Wildman–Crippen MR) is 86.3 cm³/mol. The molecule has 0 aromatic carbocycles. The highest BCUT2D eigenvalue weighted by atomic mass is 32.2. The van der Waals surface area contributed by atoms with Crippen LogP contribution in [0.5, 0.6) is 0 Å². The third-order valence-electron chi connectivity index (χ3n) is 2.92. The van der Waals surface area contributed by atoms with E-state index in [1.807, 2.05) is 16.8 Å². The Morgan fingerprint density at radius 2 is 2.19 bits per heavy atom. The predicted octanol–water partition coefficient (Wildman–Crippen LogP) is 3.05. The standard InChI is InChI=1S/C13H8N4OS3/c18-10-5-8(16-13-17(10)2-4-20-13)6-21-12-11-9(1-3-19-11)14-7-15-12/h1-5,7H,6H2. The van der Waals surface area contributed by atoms with Crippen molar-refractivity contribution in [3.8, 4) is 0 Å². The first kappa shape index (κ1) is 12.9. The zero-order valence-corrected chi connectivity index (χ0v) is 13.0. The summed E-state index contributed by atoms with van der Waals surface area (Å²) in [5.74, 6) is 0.619. The van der Waals surface area contributed by atoms with Crippen molar-refractivity contribution in [2.24, 2.45) is 0 Å². The van der Waals surface area contributed by atoms with Gasteiger partial charge in [0, 0.05) is 23.4 Å². The molecule has 5 nitrogen and oxygen atoms in total. The number of nitrogens with zero attached hydrogens (tertiary/aromatic N) is 4. The Balaban J connectivity index is 1.66. The van der Waals surface area contributed by atoms with Crippen LogP contribution < -0.4 is 5.56 Å². The van der Waals surface area contributed by atoms with Crippen LogP contribution in [-0.4, -0.2) is 19.4 Å². The minimum atomic E-state index is -0.0409. The molecule has 0 amide bonds. The van der Waals surface area contributed by atoms with Gasteiger partial charge in [0.05, 0.1) is 15.9 Å². The molecule has 0 aliphatic heterocycles. The Hall–Kier alpha value is -1.77. The van der Waals surface area contributed by atoms with Crippen molar-refractivity contribution in [3.05, 3.63) is 51.5 Å². The van der Waals surface area contributed by atoms with E-state index in [1.165, 1.54) is 11.3 Å². The number of thiophene rings is 1. The Morgan fingerprint density at radius 1 is 1.24 bits per heavy atom. The lowest BCUT2D eigenvalue weighted by Gasteiger charge is -2.02. The highest BCUT2D eigenvalue weighted by Crippen LogP contribution is 2.30. The average Bonchev–Trinajstić information content (AvgIpc) is 3.13. The molecule has 0 N–H and O–H groups in total. The van der Waals surface area contributed by atoms with Crippen LogP contribution in [0.3, 0.4) is 0 Å². The molecule has 0 saturated carbocycles. The van der Waals surface area contributed by atoms with Crippen LogP contribution in [0.1, 0.15) is 5.69 Å². The monoisotopic (exact) mass is 332 g/mol. The third-order valence-corrected chi connectivity index (χ3v) is 5.74. The molecule has 0 radical (unpaired) electrons. The van der Waals surface area contributed by atoms with Gasteiger partial charge in [0.25, 0.3) is 5.56 Å². The van der Waals surface area contributed by atoms with Crippen LogP contribution in [0.25, 0.3) is 15.2 Å². The van der Waals surface area contributed by atoms with E-state index >= 15 is 0 Å². The number of rotatable bonds is 3. The molecule has 0 unspecified atom stereocenters. The minimum Gasteiger partial charge on any atom is -0.269 e. The summed E-state index contributed by atoms with van der Waals surface area (Å²) >= 11 is 4.67. The van der Waals surface area contributed by atoms with E-state index in [0.29, 0.717) is 5.75 Å². The van der Waals surface area contributed by atoms with Gasteiger partial charge in [0.1, 0.15) is 11.4 Å². The molecule has 4 heterocycles. The molecule has 0 atom stereocenters. The Labute approximate surface area is 131 Å². The summed E-state index contributed by atoms with van der Waals surface area (Å²) in [5.41, 5.74) is 1.69. The quantitative estimate of drug-likeness (QED) is 0.426. The Bertz CT molecular complexity index is 988. The first-order valence-corrected chi connectivity index (χ1v) is 8.82. The number of aromatic nitrogens is 4. The van der Waals surface area contributed by atoms with Crippen LogP contribution in [-0.2, 0) is 5.75 Å². The van der Waals surface area contributed by atoms with Gasteiger partial charge in [-0.25, -0.2) is 15.0 Å². The number of thiazole rings is 1. The maximum Gasteiger partial charge on any atom is 0.258 e. The lowest BCUT2D eigenvalue weighted by molar-refractivity contribution is 1.04. The summed E-state index contributed by atoms with van der Waals surface area (Å²) < 4.78 is 2.64. The maximum atomic E-state index is 11.9. The summed E-state index contributed by atoms with van der Waals surface area (Å²) in [7, 11) is 0. The zero-order chi connectivity index (χ0) is 14.2. The average molecular weight is 332 g/mol. The second-order valence-electron chi connectivity index (χ2n) is 4.24. The molecule has 0 saturated heterocycles. The molecule has 21 heavy (non-hydrogen) atoms. The molecule has 0 aliphatic rings. The van der Waals surface area contributed by atoms with E-state index in [9.17, 15) is 4.79 Å². The van der Waals surface area contributed by atoms with Crippen molar-refractivity contribution in [1.82, 2.24) is 19.4 Å². The van der Waals surface area contributed by atoms with E-state index in [1.54, 1.807) is 46.1 Å². The molecular weight excluding hydrogens is 324 g/mol. The molecule has 0 fully saturated rings. The van der Waals surface area contributed by atoms with Crippen molar-refractivity contribution in [1.29, 1.82) is 0 Å². The number of hydrogen-bond donors (Lipinski definition) is 0. The van der Waals surface area contributed by atoms with Gasteiger partial charge in [0.15, 0.2) is 4.96 Å². The van der Waals surface area contributed by atoms with Gasteiger partial charge in [-0.05, 0) is 11.4 Å². The highest BCUT2D eigenvalue weighted by molar-refractivity contribution is 7.98. The SMILES string of the molecule is O=c1cc(CSc2ncnc3ccsc23)nc2sccn12. The molecule has 4 aromatic heterocycles. The first-order chi connectivity index (χ1) is 10.3. The molecule has 4 rings (SSSR count). The topological polar surface area (TPSA) is 60.2 Å². The second kappa shape index (κ2) is 5.21. The summed E-state index contributed by atoms with van der Waals surface area (Å²) in [6.45, 7) is 0. The second-order valence-corrected chi connectivity index (χ2v) is 7.00. The van der Waals surface area contributed by atoms with Crippen LogP contribution in [0, 0.1) is 0 Å². The van der Waals surface area contributed by atoms with E-state index in [-0.39, 0.29) is 5.56 Å². The number of hydrogen-bond acceptors (Lipinski definition) is 7. The van der Waals surface area contributed by atoms with Gasteiger partial charge in [-0.2, -0.15) is 0 Å². The fraction of sp³-hybridized carbons (Fsp3) is 0.0769. The first-order valence-electron chi connectivity index (χ1n) is 6.08. The number of thioether (sulfide) groups is 1. The van der Waals surface area contributed by atoms with E-state index in [2.05, 4.69) is 15.0 Å². The molecule has 4 aromatic rings. The lowest BCUT2D eigenvalue weighted by atomic mass is 10.4. The Morgan fingerprint density at radius 3 is 3.14 bits per heavy atom. The van der Waals surface area contributed by atoms with Crippen LogP contribution in [0.2, 0.25) is 0 Å². The van der Waals surface area contributed by atoms with Gasteiger partial charge in [-0.1, -0.05) is 11.8 Å². The molecule has 104 valence electrons. The van der Waals surface area contributed by atoms with Gasteiger partial charge < -0.3 is 0 Å². The van der Waals surface area contributed by atoms with Crippen molar-refractivity contribution >= 4 is 49.6 Å². The summed E-state index contributed by atoms with van der Waals surface area (Å²) in [4.78, 5) is 25.7. The van der Waals surface area contributed by atoms with Gasteiger partial charge >= 0.3 is 0 Å². The van der Waals surface area contributed by atoms with Crippen molar-refractivity contribution in [2.75, 3.05) is 0 Å². The van der Waals surface area contributed by atoms with Gasteiger partial charge in [-0.3, -0.25) is 9.20 Å². The summed E-state index contributed by atoms with van der Waals surface area (Å²) in [5, 5.41) is 4.80. The molecule has 0 bridgehead atoms. The highest BCUT2D eigenvalue weighted by Gasteiger charge is 2.08. The normalized spacial score (nSPS) is 11.4. The Kier molecular flexibility index (Phi) is 3.21. The maximum absolute atomic E-state index is 11.9. The van der Waals surface area contributed by atoms with Crippen LogP contribution in [0.4, 0.5) is 0 Å². The van der Waals surface area contributed by atoms with E-state index in [0.717, 1.165) is 25.9 Å². The minimum absolute atomic E-state index is 0.0409. The molecule has 0 aliphatic carbocycles. The van der Waals surface area contributed by atoms with E-state index in [4.69, 9.17) is 0 Å². The van der Waals surface area contributed by atoms with Crippen LogP contribution in [0.15, 0.2) is 45.2 Å². The van der Waals surface area contributed by atoms with E-state index < -0.39 is 0 Å². The van der Waals surface area contributed by atoms with Crippen molar-refractivity contribution in [3.63, 3.8) is 0 Å². The van der Waals surface area contributed by atoms with Crippen molar-refractivity contribution in [2.45, 2.75) is 10.8 Å². The summed E-state index contributed by atoms with van der Waals surface area (Å²) in [6.07, 6.45) is 3.31. The third kappa shape index (κ3) is 2.35. The fourth-order valence-corrected chi connectivity index (χ4v) is 4.55. The molecule has 0 spiro atoms. The largest absolute Gasteiger partial charge is 0.269 e. The van der Waals surface area contributed by atoms with Crippen LogP contribution >= 0.6 is 34.4 Å². The summed E-state index contributed by atoms with van der Waals surface area (Å²) in [6, 6.07) is 3.56. The van der Waals surface area contributed by atoms with Crippen molar-refractivity contribution < 1.29 is 0 Å². The van der Waals surface area contributed by atoms with Gasteiger partial charge in [-0.15, -0.1) is 22.7 Å². The smallest absolute Gasteiger partial charge is 0.258 e.